The molecular formula is C19H24F3N3O2. The van der Waals surface area contributed by atoms with Crippen molar-refractivity contribution < 1.29 is 22.7 Å². The molecule has 5 nitrogen and oxygen atoms in total. The zero-order valence-corrected chi connectivity index (χ0v) is 15.0. The molecule has 4 aliphatic rings. The maximum Gasteiger partial charge on any atom is 0.422 e. The highest BCUT2D eigenvalue weighted by molar-refractivity contribution is 5.74. The average molecular weight is 383 g/mol. The van der Waals surface area contributed by atoms with Crippen molar-refractivity contribution in [1.29, 1.82) is 0 Å². The van der Waals surface area contributed by atoms with E-state index in [1.165, 1.54) is 44.4 Å². The first-order valence-corrected chi connectivity index (χ1v) is 9.54. The summed E-state index contributed by atoms with van der Waals surface area (Å²) >= 11 is 0. The van der Waals surface area contributed by atoms with Crippen LogP contribution in [-0.4, -0.2) is 29.8 Å². The zero-order valence-electron chi connectivity index (χ0n) is 15.0. The normalized spacial score (nSPS) is 31.6. The first-order chi connectivity index (χ1) is 12.9. The molecule has 4 saturated carbocycles. The Morgan fingerprint density at radius 3 is 2.44 bits per heavy atom. The van der Waals surface area contributed by atoms with Gasteiger partial charge in [-0.2, -0.15) is 13.2 Å². The zero-order chi connectivity index (χ0) is 19.0. The summed E-state index contributed by atoms with van der Waals surface area (Å²) in [7, 11) is 0. The van der Waals surface area contributed by atoms with Crippen LogP contribution in [-0.2, 0) is 6.54 Å². The Kier molecular flexibility index (Phi) is 4.90. The molecule has 0 saturated heterocycles. The topological polar surface area (TPSA) is 63.2 Å². The lowest BCUT2D eigenvalue weighted by Crippen LogP contribution is -2.57. The van der Waals surface area contributed by atoms with Gasteiger partial charge in [0.05, 0.1) is 0 Å². The Morgan fingerprint density at radius 1 is 1.15 bits per heavy atom. The molecule has 0 radical (unpaired) electrons. The van der Waals surface area contributed by atoms with Gasteiger partial charge in [0, 0.05) is 24.8 Å². The quantitative estimate of drug-likeness (QED) is 0.816. The molecular weight excluding hydrogens is 359 g/mol. The van der Waals surface area contributed by atoms with E-state index in [2.05, 4.69) is 20.4 Å². The molecule has 148 valence electrons. The largest absolute Gasteiger partial charge is 0.468 e. The number of carbonyl (C=O) groups excluding carboxylic acids is 1. The fourth-order valence-corrected chi connectivity index (χ4v) is 5.34. The third-order valence-corrected chi connectivity index (χ3v) is 6.16. The standard InChI is InChI=1S/C19H24F3N3O2/c20-19(21,22)10-27-16-8-11(1-2-23-16)9-24-18(26)25-17-14-4-12-3-13(6-14)7-15(17)5-12/h1-2,8,12-15,17H,3-7,9-10H2,(H2,24,25,26). The minimum Gasteiger partial charge on any atom is -0.468 e. The van der Waals surface area contributed by atoms with Crippen LogP contribution in [0.1, 0.15) is 37.7 Å². The van der Waals surface area contributed by atoms with Crippen molar-refractivity contribution in [2.75, 3.05) is 6.61 Å². The van der Waals surface area contributed by atoms with Gasteiger partial charge in [-0.25, -0.2) is 9.78 Å². The number of hydrogen-bond acceptors (Lipinski definition) is 3. The van der Waals surface area contributed by atoms with Gasteiger partial charge < -0.3 is 15.4 Å². The summed E-state index contributed by atoms with van der Waals surface area (Å²) in [6.07, 6.45) is 3.23. The number of pyridine rings is 1. The Labute approximate surface area is 156 Å². The summed E-state index contributed by atoms with van der Waals surface area (Å²) in [5.41, 5.74) is 0.641. The van der Waals surface area contributed by atoms with Crippen molar-refractivity contribution in [3.63, 3.8) is 0 Å². The fraction of sp³-hybridized carbons (Fsp3) is 0.684. The SMILES string of the molecule is O=C(NCc1ccnc(OCC(F)(F)F)c1)NC1C2CC3CC(C2)CC1C3. The molecule has 4 bridgehead atoms. The van der Waals surface area contributed by atoms with Crippen LogP contribution < -0.4 is 15.4 Å². The van der Waals surface area contributed by atoms with Crippen molar-refractivity contribution in [2.45, 2.75) is 50.9 Å². The van der Waals surface area contributed by atoms with E-state index < -0.39 is 12.8 Å². The summed E-state index contributed by atoms with van der Waals surface area (Å²) in [6, 6.07) is 3.08. The number of nitrogens with one attached hydrogen (secondary N) is 2. The van der Waals surface area contributed by atoms with Gasteiger partial charge in [0.1, 0.15) is 0 Å². The molecule has 0 unspecified atom stereocenters. The molecule has 1 aromatic rings. The predicted molar refractivity (Wildman–Crippen MR) is 92.0 cm³/mol. The van der Waals surface area contributed by atoms with E-state index in [9.17, 15) is 18.0 Å². The van der Waals surface area contributed by atoms with Crippen LogP contribution >= 0.6 is 0 Å². The lowest BCUT2D eigenvalue weighted by Gasteiger charge is -2.54. The second kappa shape index (κ2) is 7.20. The number of alkyl halides is 3. The van der Waals surface area contributed by atoms with E-state index in [4.69, 9.17) is 0 Å². The Hall–Kier alpha value is -1.99. The van der Waals surface area contributed by atoms with Crippen LogP contribution in [0.25, 0.3) is 0 Å². The van der Waals surface area contributed by atoms with Crippen molar-refractivity contribution in [3.05, 3.63) is 23.9 Å². The molecule has 1 aromatic heterocycles. The van der Waals surface area contributed by atoms with Crippen molar-refractivity contribution >= 4 is 6.03 Å². The summed E-state index contributed by atoms with van der Waals surface area (Å²) in [4.78, 5) is 16.1. The van der Waals surface area contributed by atoms with Gasteiger partial charge in [0.25, 0.3) is 0 Å². The number of ether oxygens (including phenoxy) is 1. The van der Waals surface area contributed by atoms with Crippen LogP contribution in [0, 0.1) is 23.7 Å². The Balaban J connectivity index is 1.27. The molecule has 0 aromatic carbocycles. The second-order valence-electron chi connectivity index (χ2n) is 8.19. The number of aromatic nitrogens is 1. The third-order valence-electron chi connectivity index (χ3n) is 6.16. The molecule has 2 N–H and O–H groups in total. The lowest BCUT2D eigenvalue weighted by atomic mass is 9.54. The van der Waals surface area contributed by atoms with E-state index in [0.717, 1.165) is 11.8 Å². The monoisotopic (exact) mass is 383 g/mol. The molecule has 4 fully saturated rings. The van der Waals surface area contributed by atoms with Crippen molar-refractivity contribution in [2.24, 2.45) is 23.7 Å². The molecule has 4 aliphatic carbocycles. The van der Waals surface area contributed by atoms with Gasteiger partial charge in [-0.15, -0.1) is 0 Å². The van der Waals surface area contributed by atoms with Crippen LogP contribution in [0.15, 0.2) is 18.3 Å². The summed E-state index contributed by atoms with van der Waals surface area (Å²) in [5.74, 6) is 2.78. The second-order valence-corrected chi connectivity index (χ2v) is 8.19. The Morgan fingerprint density at radius 2 is 1.81 bits per heavy atom. The molecule has 0 atom stereocenters. The fourth-order valence-electron chi connectivity index (χ4n) is 5.34. The van der Waals surface area contributed by atoms with Crippen LogP contribution in [0.4, 0.5) is 18.0 Å². The lowest BCUT2D eigenvalue weighted by molar-refractivity contribution is -0.154. The summed E-state index contributed by atoms with van der Waals surface area (Å²) in [5, 5.41) is 5.95. The number of urea groups is 1. The van der Waals surface area contributed by atoms with Gasteiger partial charge in [-0.3, -0.25) is 0 Å². The minimum atomic E-state index is -4.41. The third kappa shape index (κ3) is 4.47. The van der Waals surface area contributed by atoms with E-state index in [-0.39, 0.29) is 24.5 Å². The van der Waals surface area contributed by atoms with Crippen LogP contribution in [0.3, 0.4) is 0 Å². The first kappa shape index (κ1) is 18.4. The number of hydrogen-bond donors (Lipinski definition) is 2. The number of rotatable bonds is 5. The van der Waals surface area contributed by atoms with E-state index in [0.29, 0.717) is 17.4 Å². The van der Waals surface area contributed by atoms with E-state index in [1.807, 2.05) is 0 Å². The molecule has 5 rings (SSSR count). The molecule has 27 heavy (non-hydrogen) atoms. The van der Waals surface area contributed by atoms with Crippen molar-refractivity contribution in [1.82, 2.24) is 15.6 Å². The number of nitrogens with zero attached hydrogens (tertiary/aromatic N) is 1. The minimum absolute atomic E-state index is 0.104. The summed E-state index contributed by atoms with van der Waals surface area (Å²) in [6.45, 7) is -1.17. The highest BCUT2D eigenvalue weighted by Gasteiger charge is 2.48. The van der Waals surface area contributed by atoms with Gasteiger partial charge in [0.2, 0.25) is 5.88 Å². The Bertz CT molecular complexity index is 667. The maximum absolute atomic E-state index is 12.3. The molecule has 2 amide bonds. The van der Waals surface area contributed by atoms with Gasteiger partial charge >= 0.3 is 12.2 Å². The summed E-state index contributed by atoms with van der Waals surface area (Å²) < 4.78 is 41.3. The van der Waals surface area contributed by atoms with Gasteiger partial charge in [-0.1, -0.05) is 0 Å². The van der Waals surface area contributed by atoms with Gasteiger partial charge in [0.15, 0.2) is 6.61 Å². The predicted octanol–water partition coefficient (Wildman–Crippen LogP) is 3.65. The smallest absolute Gasteiger partial charge is 0.422 e. The highest BCUT2D eigenvalue weighted by atomic mass is 19.4. The van der Waals surface area contributed by atoms with E-state index >= 15 is 0 Å². The average Bonchev–Trinajstić information content (AvgIpc) is 2.60. The first-order valence-electron chi connectivity index (χ1n) is 9.54. The van der Waals surface area contributed by atoms with Crippen LogP contribution in [0.2, 0.25) is 0 Å². The number of amides is 2. The van der Waals surface area contributed by atoms with E-state index in [1.54, 1.807) is 6.07 Å². The van der Waals surface area contributed by atoms with Crippen molar-refractivity contribution in [3.8, 4) is 5.88 Å². The molecule has 0 aliphatic heterocycles. The molecule has 1 heterocycles. The molecule has 8 heteroatoms. The maximum atomic E-state index is 12.3. The number of halogens is 3. The highest BCUT2D eigenvalue weighted by Crippen LogP contribution is 2.53. The van der Waals surface area contributed by atoms with Crippen LogP contribution in [0.5, 0.6) is 5.88 Å². The molecule has 0 spiro atoms. The van der Waals surface area contributed by atoms with Gasteiger partial charge in [-0.05, 0) is 67.4 Å². The number of carbonyl (C=O) groups is 1.